The number of hydrogen-bond acceptors (Lipinski definition) is 8. The molecule has 6 N–H and O–H groups in total. The first-order valence-electron chi connectivity index (χ1n) is 16.1. The zero-order valence-corrected chi connectivity index (χ0v) is 26.9. The molecule has 240 valence electrons. The molecule has 0 unspecified atom stereocenters. The van der Waals surface area contributed by atoms with Crippen LogP contribution >= 0.6 is 0 Å². The molecule has 1 aromatic heterocycles. The van der Waals surface area contributed by atoms with Crippen molar-refractivity contribution in [3.63, 3.8) is 0 Å². The third kappa shape index (κ3) is 6.89. The van der Waals surface area contributed by atoms with Crippen molar-refractivity contribution in [3.05, 3.63) is 106 Å². The van der Waals surface area contributed by atoms with E-state index in [0.717, 1.165) is 79.1 Å². The van der Waals surface area contributed by atoms with Gasteiger partial charge in [0.25, 0.3) is 0 Å². The van der Waals surface area contributed by atoms with Gasteiger partial charge in [-0.3, -0.25) is 14.7 Å². The molecule has 1 saturated heterocycles. The van der Waals surface area contributed by atoms with E-state index in [1.54, 1.807) is 20.3 Å². The van der Waals surface area contributed by atoms with Crippen LogP contribution in [0.2, 0.25) is 0 Å². The van der Waals surface area contributed by atoms with Gasteiger partial charge in [0.05, 0.1) is 37.0 Å². The Balaban J connectivity index is 1.26. The first kappa shape index (κ1) is 31.2. The van der Waals surface area contributed by atoms with Crippen LogP contribution in [0.3, 0.4) is 0 Å². The number of benzene rings is 2. The lowest BCUT2D eigenvalue weighted by atomic mass is 9.87. The summed E-state index contributed by atoms with van der Waals surface area (Å²) in [5, 5.41) is 6.32. The number of para-hydroxylation sites is 1. The molecular formula is C37H44N6O3. The number of aromatic nitrogens is 1. The van der Waals surface area contributed by atoms with E-state index in [0.29, 0.717) is 23.1 Å². The van der Waals surface area contributed by atoms with Crippen molar-refractivity contribution in [2.45, 2.75) is 51.5 Å². The predicted octanol–water partition coefficient (Wildman–Crippen LogP) is 5.77. The number of nitrogens with one attached hydrogen (secondary N) is 2. The van der Waals surface area contributed by atoms with Crippen molar-refractivity contribution < 1.29 is 14.3 Å². The minimum atomic E-state index is -0.0551. The molecule has 0 spiro atoms. The molecule has 2 aliphatic carbocycles. The zero-order valence-electron chi connectivity index (χ0n) is 26.9. The Morgan fingerprint density at radius 3 is 2.50 bits per heavy atom. The minimum absolute atomic E-state index is 0.0403. The van der Waals surface area contributed by atoms with E-state index in [2.05, 4.69) is 44.8 Å². The molecule has 9 heteroatoms. The molecule has 2 heterocycles. The van der Waals surface area contributed by atoms with Gasteiger partial charge in [-0.1, -0.05) is 35.9 Å². The fourth-order valence-electron chi connectivity index (χ4n) is 6.14. The first-order valence-corrected chi connectivity index (χ1v) is 16.1. The summed E-state index contributed by atoms with van der Waals surface area (Å²) in [4.78, 5) is 19.3. The fraction of sp³-hybridized carbons (Fsp3) is 0.351. The van der Waals surface area contributed by atoms with E-state index >= 15 is 0 Å². The van der Waals surface area contributed by atoms with Gasteiger partial charge in [-0.05, 0) is 80.0 Å². The van der Waals surface area contributed by atoms with E-state index in [1.807, 2.05) is 43.5 Å². The lowest BCUT2D eigenvalue weighted by molar-refractivity contribution is -0.121. The van der Waals surface area contributed by atoms with Crippen molar-refractivity contribution >= 4 is 11.6 Å². The van der Waals surface area contributed by atoms with Crippen LogP contribution in [0.5, 0.6) is 11.5 Å². The third-order valence-electron chi connectivity index (χ3n) is 9.24. The van der Waals surface area contributed by atoms with Crippen LogP contribution in [0, 0.1) is 5.92 Å². The number of allylic oxidation sites excluding steroid dienone is 3. The van der Waals surface area contributed by atoms with Gasteiger partial charge < -0.3 is 31.6 Å². The maximum atomic E-state index is 12.4. The maximum absolute atomic E-state index is 12.4. The number of carbonyl (C=O) groups is 1. The number of nitrogens with zero attached hydrogens (tertiary/aromatic N) is 2. The molecule has 2 aromatic carbocycles. The molecule has 1 aliphatic heterocycles. The molecule has 0 radical (unpaired) electrons. The highest BCUT2D eigenvalue weighted by atomic mass is 16.5. The molecule has 2 saturated carbocycles. The van der Waals surface area contributed by atoms with Gasteiger partial charge in [0.1, 0.15) is 17.3 Å². The van der Waals surface area contributed by atoms with E-state index in [9.17, 15) is 4.79 Å². The zero-order chi connectivity index (χ0) is 32.2. The second-order valence-electron chi connectivity index (χ2n) is 12.5. The molecule has 9 nitrogen and oxygen atoms in total. The number of anilines is 1. The molecule has 3 aliphatic rings. The summed E-state index contributed by atoms with van der Waals surface area (Å²) in [7, 11) is 3.38. The average Bonchev–Trinajstić information content (AvgIpc) is 3.87. The van der Waals surface area contributed by atoms with Gasteiger partial charge in [-0.15, -0.1) is 0 Å². The molecule has 1 amide bonds. The number of carbonyl (C=O) groups excluding carboxylic acids is 1. The van der Waals surface area contributed by atoms with E-state index < -0.39 is 0 Å². The van der Waals surface area contributed by atoms with Crippen LogP contribution in [0.25, 0.3) is 11.1 Å². The summed E-state index contributed by atoms with van der Waals surface area (Å²) in [5.74, 6) is 2.15. The fourth-order valence-corrected chi connectivity index (χ4v) is 6.14. The van der Waals surface area contributed by atoms with Crippen molar-refractivity contribution in [1.82, 2.24) is 15.2 Å². The van der Waals surface area contributed by atoms with Gasteiger partial charge in [0.15, 0.2) is 0 Å². The Bertz CT molecular complexity index is 1680. The molecule has 3 aromatic rings. The first-order chi connectivity index (χ1) is 22.3. The number of methoxy groups -OCH3 is 2. The van der Waals surface area contributed by atoms with Gasteiger partial charge in [-0.2, -0.15) is 0 Å². The van der Waals surface area contributed by atoms with Crippen LogP contribution in [0.4, 0.5) is 5.69 Å². The summed E-state index contributed by atoms with van der Waals surface area (Å²) in [5.41, 5.74) is 21.5. The van der Waals surface area contributed by atoms with E-state index in [-0.39, 0.29) is 17.6 Å². The Morgan fingerprint density at radius 2 is 1.85 bits per heavy atom. The van der Waals surface area contributed by atoms with Crippen LogP contribution in [-0.4, -0.2) is 43.1 Å². The number of nitrogens with two attached hydrogens (primary N) is 2. The molecular weight excluding hydrogens is 576 g/mol. The van der Waals surface area contributed by atoms with Crippen LogP contribution in [0.15, 0.2) is 95.2 Å². The number of likely N-dealkylation sites (tertiary alicyclic amines) is 1. The Labute approximate surface area is 271 Å². The predicted molar refractivity (Wildman–Crippen MR) is 182 cm³/mol. The number of rotatable bonds is 12. The van der Waals surface area contributed by atoms with Crippen molar-refractivity contribution in [2.75, 3.05) is 32.6 Å². The molecule has 0 atom stereocenters. The SMILES string of the molecule is COc1cc(-c2cccc(NC(/C=C(\N)NC(=O)C3CC3)=C(/N)C(C)=C3CCC3)c2OC)ccc1C1CN(Cc2ccccn2)C1. The van der Waals surface area contributed by atoms with Crippen molar-refractivity contribution in [1.29, 1.82) is 0 Å². The largest absolute Gasteiger partial charge is 0.496 e. The smallest absolute Gasteiger partial charge is 0.228 e. The number of ether oxygens (including phenoxy) is 2. The number of hydrogen-bond donors (Lipinski definition) is 4. The summed E-state index contributed by atoms with van der Waals surface area (Å²) in [6.45, 7) is 4.80. The lowest BCUT2D eigenvalue weighted by Crippen LogP contribution is -2.44. The van der Waals surface area contributed by atoms with E-state index in [4.69, 9.17) is 20.9 Å². The summed E-state index contributed by atoms with van der Waals surface area (Å²) in [6, 6.07) is 18.4. The molecule has 3 fully saturated rings. The Kier molecular flexibility index (Phi) is 9.30. The normalized spacial score (nSPS) is 17.4. The molecule has 0 bridgehead atoms. The van der Waals surface area contributed by atoms with E-state index in [1.165, 1.54) is 17.6 Å². The van der Waals surface area contributed by atoms with Crippen LogP contribution in [-0.2, 0) is 11.3 Å². The number of amides is 1. The van der Waals surface area contributed by atoms with Crippen LogP contribution in [0.1, 0.15) is 56.2 Å². The van der Waals surface area contributed by atoms with Gasteiger partial charge in [-0.25, -0.2) is 0 Å². The lowest BCUT2D eigenvalue weighted by Gasteiger charge is -2.40. The standard InChI is InChI=1S/C37H44N6O3/c1-23(24-8-6-9-24)35(39)32(19-34(38)42-37(44)25-13-14-25)41-31-12-7-11-30(36(31)46-3)26-15-16-29(33(18-26)45-2)27-20-43(21-27)22-28-10-4-5-17-40-28/h4-5,7,10-12,15-19,25,27,41H,6,8-9,13-14,20-22,38-39H2,1-3H3,(H,42,44)/b34-19+,35-32+. The minimum Gasteiger partial charge on any atom is -0.496 e. The highest BCUT2D eigenvalue weighted by Crippen LogP contribution is 2.42. The summed E-state index contributed by atoms with van der Waals surface area (Å²) >= 11 is 0. The van der Waals surface area contributed by atoms with Gasteiger partial charge >= 0.3 is 0 Å². The second kappa shape index (κ2) is 13.7. The van der Waals surface area contributed by atoms with Gasteiger partial charge in [0, 0.05) is 49.3 Å². The number of pyridine rings is 1. The Morgan fingerprint density at radius 1 is 1.04 bits per heavy atom. The average molecular weight is 621 g/mol. The highest BCUT2D eigenvalue weighted by molar-refractivity contribution is 5.83. The van der Waals surface area contributed by atoms with Crippen LogP contribution < -0.4 is 31.6 Å². The quantitative estimate of drug-likeness (QED) is 0.188. The Hall–Kier alpha value is -4.76. The summed E-state index contributed by atoms with van der Waals surface area (Å²) < 4.78 is 11.9. The molecule has 46 heavy (non-hydrogen) atoms. The molecule has 6 rings (SSSR count). The monoisotopic (exact) mass is 620 g/mol. The highest BCUT2D eigenvalue weighted by Gasteiger charge is 2.31. The third-order valence-corrected chi connectivity index (χ3v) is 9.24. The topological polar surface area (TPSA) is 128 Å². The van der Waals surface area contributed by atoms with Gasteiger partial charge in [0.2, 0.25) is 5.91 Å². The maximum Gasteiger partial charge on any atom is 0.228 e. The second-order valence-corrected chi connectivity index (χ2v) is 12.5. The van der Waals surface area contributed by atoms with Crippen molar-refractivity contribution in [3.8, 4) is 22.6 Å². The summed E-state index contributed by atoms with van der Waals surface area (Å²) in [6.07, 6.45) is 8.59. The van der Waals surface area contributed by atoms with Crippen molar-refractivity contribution in [2.24, 2.45) is 17.4 Å².